The third-order valence-electron chi connectivity index (χ3n) is 2.62. The molecule has 0 fully saturated rings. The average molecular weight is 320 g/mol. The number of hydrogen-bond donors (Lipinski definition) is 1. The number of esters is 1. The van der Waals surface area contributed by atoms with Gasteiger partial charge in [-0.3, -0.25) is 4.79 Å². The van der Waals surface area contributed by atoms with Gasteiger partial charge in [-0.2, -0.15) is 0 Å². The molecule has 0 amide bonds. The Bertz CT molecular complexity index is 528. The molecular formula is C16H25LiO6. The number of aromatic carboxylic acids is 1. The monoisotopic (exact) mass is 320 g/mol. The van der Waals surface area contributed by atoms with Gasteiger partial charge in [0.05, 0.1) is 12.2 Å². The van der Waals surface area contributed by atoms with Crippen LogP contribution in [-0.4, -0.2) is 34.7 Å². The quantitative estimate of drug-likeness (QED) is 0.432. The molecule has 0 aliphatic heterocycles. The maximum Gasteiger partial charge on any atom is 1.00 e. The standard InChI is InChI=1S/C16H22O5.Li.H2O.H/c1-11-10-12(15(18)19)7-8-13(11)20-9-5-6-14(17)21-16(2,3)4;;;/h7-8,10H,5-6,9H2,1-4H3,(H,18,19);;1H2;/q;+1;;-1. The van der Waals surface area contributed by atoms with Crippen molar-refractivity contribution in [3.63, 3.8) is 0 Å². The van der Waals surface area contributed by atoms with Crippen molar-refractivity contribution >= 4 is 11.9 Å². The van der Waals surface area contributed by atoms with E-state index in [-0.39, 0.29) is 37.3 Å². The minimum atomic E-state index is -0.963. The first-order chi connectivity index (χ1) is 9.69. The molecule has 23 heavy (non-hydrogen) atoms. The number of carboxylic acids is 1. The van der Waals surface area contributed by atoms with E-state index in [1.807, 2.05) is 20.8 Å². The number of ether oxygens (including phenoxy) is 2. The van der Waals surface area contributed by atoms with Crippen molar-refractivity contribution in [1.29, 1.82) is 0 Å². The molecule has 0 spiro atoms. The molecule has 126 valence electrons. The van der Waals surface area contributed by atoms with E-state index in [4.69, 9.17) is 14.6 Å². The number of carboxylic acid groups (broad SMARTS) is 1. The van der Waals surface area contributed by atoms with Gasteiger partial charge in [0, 0.05) is 6.42 Å². The van der Waals surface area contributed by atoms with E-state index in [1.165, 1.54) is 6.07 Å². The number of rotatable bonds is 6. The van der Waals surface area contributed by atoms with Crippen LogP contribution in [0.3, 0.4) is 0 Å². The third kappa shape index (κ3) is 9.29. The van der Waals surface area contributed by atoms with Gasteiger partial charge >= 0.3 is 30.8 Å². The van der Waals surface area contributed by atoms with Gasteiger partial charge < -0.3 is 21.5 Å². The van der Waals surface area contributed by atoms with Crippen molar-refractivity contribution in [2.24, 2.45) is 0 Å². The smallest absolute Gasteiger partial charge is 1.00 e. The molecule has 0 aliphatic rings. The number of carbonyl (C=O) groups excluding carboxylic acids is 1. The largest absolute Gasteiger partial charge is 1.00 e. The van der Waals surface area contributed by atoms with Crippen LogP contribution < -0.4 is 23.6 Å². The van der Waals surface area contributed by atoms with Crippen LogP contribution in [0.4, 0.5) is 0 Å². The fourth-order valence-electron chi connectivity index (χ4n) is 1.74. The molecule has 1 aromatic rings. The van der Waals surface area contributed by atoms with Crippen LogP contribution in [0, 0.1) is 6.92 Å². The Labute approximate surface area is 150 Å². The van der Waals surface area contributed by atoms with Gasteiger partial charge in [0.1, 0.15) is 11.4 Å². The summed E-state index contributed by atoms with van der Waals surface area (Å²) < 4.78 is 10.7. The first-order valence-corrected chi connectivity index (χ1v) is 6.87. The first kappa shape index (κ1) is 23.8. The number of hydrogen-bond acceptors (Lipinski definition) is 4. The SMILES string of the molecule is Cc1cc(C(=O)O)ccc1OCCCC(=O)OC(C)(C)C.O.[H-].[Li+]. The van der Waals surface area contributed by atoms with Crippen molar-refractivity contribution in [3.8, 4) is 5.75 Å². The molecule has 0 saturated heterocycles. The Morgan fingerprint density at radius 1 is 1.26 bits per heavy atom. The Morgan fingerprint density at radius 3 is 2.35 bits per heavy atom. The molecule has 0 atom stereocenters. The van der Waals surface area contributed by atoms with Gasteiger partial charge in [0.15, 0.2) is 0 Å². The molecule has 1 aromatic carbocycles. The summed E-state index contributed by atoms with van der Waals surface area (Å²) in [5.74, 6) is -0.581. The summed E-state index contributed by atoms with van der Waals surface area (Å²) >= 11 is 0. The summed E-state index contributed by atoms with van der Waals surface area (Å²) in [5.41, 5.74) is 0.516. The summed E-state index contributed by atoms with van der Waals surface area (Å²) in [6.45, 7) is 7.65. The molecular weight excluding hydrogens is 295 g/mol. The fraction of sp³-hybridized carbons (Fsp3) is 0.500. The predicted octanol–water partition coefficient (Wildman–Crippen LogP) is -0.514. The average Bonchev–Trinajstić information content (AvgIpc) is 2.33. The zero-order chi connectivity index (χ0) is 16.0. The molecule has 6 nitrogen and oxygen atoms in total. The van der Waals surface area contributed by atoms with Gasteiger partial charge in [-0.15, -0.1) is 0 Å². The number of aryl methyl sites for hydroxylation is 1. The van der Waals surface area contributed by atoms with Gasteiger partial charge in [0.2, 0.25) is 0 Å². The zero-order valence-electron chi connectivity index (χ0n) is 15.4. The molecule has 7 heteroatoms. The van der Waals surface area contributed by atoms with Crippen molar-refractivity contribution in [1.82, 2.24) is 0 Å². The van der Waals surface area contributed by atoms with Crippen molar-refractivity contribution in [3.05, 3.63) is 29.3 Å². The second kappa shape index (κ2) is 10.3. The Morgan fingerprint density at radius 2 is 1.87 bits per heavy atom. The predicted molar refractivity (Wildman–Crippen MR) is 83.4 cm³/mol. The summed E-state index contributed by atoms with van der Waals surface area (Å²) in [4.78, 5) is 22.3. The maximum absolute atomic E-state index is 11.5. The second-order valence-electron chi connectivity index (χ2n) is 5.82. The molecule has 0 aliphatic carbocycles. The van der Waals surface area contributed by atoms with Crippen molar-refractivity contribution in [2.75, 3.05) is 6.61 Å². The number of benzene rings is 1. The normalized spacial score (nSPS) is 10.1. The Kier molecular flexibility index (Phi) is 10.7. The minimum absolute atomic E-state index is 0. The summed E-state index contributed by atoms with van der Waals surface area (Å²) in [7, 11) is 0. The van der Waals surface area contributed by atoms with Gasteiger partial charge in [-0.25, -0.2) is 4.79 Å². The summed E-state index contributed by atoms with van der Waals surface area (Å²) in [6, 6.07) is 4.69. The van der Waals surface area contributed by atoms with E-state index in [9.17, 15) is 9.59 Å². The van der Waals surface area contributed by atoms with E-state index in [1.54, 1.807) is 19.1 Å². The molecule has 0 aromatic heterocycles. The Hall–Kier alpha value is -1.48. The summed E-state index contributed by atoms with van der Waals surface area (Å²) in [5, 5.41) is 8.88. The van der Waals surface area contributed by atoms with E-state index < -0.39 is 11.6 Å². The molecule has 0 saturated carbocycles. The van der Waals surface area contributed by atoms with Crippen LogP contribution in [0.15, 0.2) is 18.2 Å². The van der Waals surface area contributed by atoms with Crippen LogP contribution in [-0.2, 0) is 9.53 Å². The van der Waals surface area contributed by atoms with Gasteiger partial charge in [0.25, 0.3) is 0 Å². The van der Waals surface area contributed by atoms with Gasteiger partial charge in [-0.1, -0.05) is 0 Å². The molecule has 0 heterocycles. The summed E-state index contributed by atoms with van der Waals surface area (Å²) in [6.07, 6.45) is 0.846. The minimum Gasteiger partial charge on any atom is -1.00 e. The number of carbonyl (C=O) groups is 2. The van der Waals surface area contributed by atoms with Crippen molar-refractivity contribution in [2.45, 2.75) is 46.1 Å². The fourth-order valence-corrected chi connectivity index (χ4v) is 1.74. The molecule has 3 N–H and O–H groups in total. The van der Waals surface area contributed by atoms with E-state index in [0.717, 1.165) is 5.56 Å². The van der Waals surface area contributed by atoms with E-state index in [2.05, 4.69) is 0 Å². The van der Waals surface area contributed by atoms with Crippen LogP contribution in [0.25, 0.3) is 0 Å². The van der Waals surface area contributed by atoms with Crippen molar-refractivity contribution < 1.29 is 49.9 Å². The topological polar surface area (TPSA) is 104 Å². The van der Waals surface area contributed by atoms with Crippen LogP contribution in [0.1, 0.15) is 51.0 Å². The van der Waals surface area contributed by atoms with Gasteiger partial charge in [-0.05, 0) is 57.9 Å². The Balaban J connectivity index is -0.00000147. The van der Waals surface area contributed by atoms with Crippen LogP contribution in [0.5, 0.6) is 5.75 Å². The van der Waals surface area contributed by atoms with E-state index >= 15 is 0 Å². The molecule has 0 radical (unpaired) electrons. The molecule has 0 unspecified atom stereocenters. The molecule has 0 bridgehead atoms. The third-order valence-corrected chi connectivity index (χ3v) is 2.62. The van der Waals surface area contributed by atoms with Crippen LogP contribution in [0.2, 0.25) is 0 Å². The maximum atomic E-state index is 11.5. The first-order valence-electron chi connectivity index (χ1n) is 6.87. The van der Waals surface area contributed by atoms with Crippen LogP contribution >= 0.6 is 0 Å². The second-order valence-corrected chi connectivity index (χ2v) is 5.82. The zero-order valence-corrected chi connectivity index (χ0v) is 14.4. The van der Waals surface area contributed by atoms with E-state index in [0.29, 0.717) is 25.2 Å². The molecule has 1 rings (SSSR count).